The summed E-state index contributed by atoms with van der Waals surface area (Å²) >= 11 is 0. The van der Waals surface area contributed by atoms with Crippen LogP contribution in [0.5, 0.6) is 0 Å². The van der Waals surface area contributed by atoms with Crippen molar-refractivity contribution in [3.63, 3.8) is 0 Å². The van der Waals surface area contributed by atoms with Crippen molar-refractivity contribution in [2.75, 3.05) is 24.5 Å². The van der Waals surface area contributed by atoms with Gasteiger partial charge in [0.2, 0.25) is 5.95 Å². The number of H-pyrrole nitrogens is 1. The molecule has 6 heteroatoms. The van der Waals surface area contributed by atoms with Gasteiger partial charge in [0.05, 0.1) is 23.4 Å². The molecule has 1 unspecified atom stereocenters. The summed E-state index contributed by atoms with van der Waals surface area (Å²) < 4.78 is 0. The molecule has 0 radical (unpaired) electrons. The number of hydrogen-bond donors (Lipinski definition) is 2. The molecule has 2 N–H and O–H groups in total. The maximum Gasteiger partial charge on any atom is 0.204 e. The SMILES string of the molecule is c1ccc(C2CNCCN2c2nc3cnccc3[nH]2)nc1. The summed E-state index contributed by atoms with van der Waals surface area (Å²) in [6, 6.07) is 8.17. The van der Waals surface area contributed by atoms with Gasteiger partial charge in [0.25, 0.3) is 0 Å². The van der Waals surface area contributed by atoms with Gasteiger partial charge in [-0.15, -0.1) is 0 Å². The molecule has 1 fully saturated rings. The lowest BCUT2D eigenvalue weighted by molar-refractivity contribution is 0.476. The number of nitrogens with one attached hydrogen (secondary N) is 2. The zero-order valence-corrected chi connectivity index (χ0v) is 11.5. The van der Waals surface area contributed by atoms with Gasteiger partial charge in [-0.1, -0.05) is 6.07 Å². The van der Waals surface area contributed by atoms with Gasteiger partial charge in [0, 0.05) is 32.0 Å². The molecule has 3 aromatic rings. The second-order valence-electron chi connectivity index (χ2n) is 5.12. The summed E-state index contributed by atoms with van der Waals surface area (Å²) in [5.41, 5.74) is 2.97. The first-order chi connectivity index (χ1) is 10.4. The van der Waals surface area contributed by atoms with Crippen molar-refractivity contribution in [2.24, 2.45) is 0 Å². The van der Waals surface area contributed by atoms with E-state index in [0.717, 1.165) is 42.3 Å². The molecule has 0 bridgehead atoms. The van der Waals surface area contributed by atoms with Crippen molar-refractivity contribution in [1.82, 2.24) is 25.3 Å². The first kappa shape index (κ1) is 12.3. The van der Waals surface area contributed by atoms with Crippen LogP contribution in [0.3, 0.4) is 0 Å². The summed E-state index contributed by atoms with van der Waals surface area (Å²) in [4.78, 5) is 18.9. The molecule has 4 heterocycles. The lowest BCUT2D eigenvalue weighted by atomic mass is 10.1. The van der Waals surface area contributed by atoms with Crippen molar-refractivity contribution in [3.05, 3.63) is 48.5 Å². The molecule has 1 saturated heterocycles. The van der Waals surface area contributed by atoms with E-state index in [1.807, 2.05) is 24.4 Å². The number of imidazole rings is 1. The van der Waals surface area contributed by atoms with Crippen molar-refractivity contribution in [2.45, 2.75) is 6.04 Å². The largest absolute Gasteiger partial charge is 0.331 e. The molecule has 0 amide bonds. The van der Waals surface area contributed by atoms with Gasteiger partial charge < -0.3 is 15.2 Å². The molecular weight excluding hydrogens is 264 g/mol. The molecule has 6 nitrogen and oxygen atoms in total. The van der Waals surface area contributed by atoms with Crippen LogP contribution in [0.2, 0.25) is 0 Å². The van der Waals surface area contributed by atoms with Crippen molar-refractivity contribution < 1.29 is 0 Å². The monoisotopic (exact) mass is 280 g/mol. The summed E-state index contributed by atoms with van der Waals surface area (Å²) in [5, 5.41) is 3.43. The van der Waals surface area contributed by atoms with Crippen molar-refractivity contribution in [3.8, 4) is 0 Å². The van der Waals surface area contributed by atoms with Gasteiger partial charge in [-0.2, -0.15) is 0 Å². The maximum atomic E-state index is 4.66. The Hall–Kier alpha value is -2.47. The van der Waals surface area contributed by atoms with Crippen LogP contribution in [0.15, 0.2) is 42.9 Å². The number of aromatic nitrogens is 4. The van der Waals surface area contributed by atoms with E-state index < -0.39 is 0 Å². The Morgan fingerprint density at radius 2 is 2.19 bits per heavy atom. The van der Waals surface area contributed by atoms with Gasteiger partial charge in [-0.3, -0.25) is 9.97 Å². The van der Waals surface area contributed by atoms with Gasteiger partial charge in [0.1, 0.15) is 5.52 Å². The van der Waals surface area contributed by atoms with E-state index in [0.29, 0.717) is 0 Å². The smallest absolute Gasteiger partial charge is 0.204 e. The molecule has 21 heavy (non-hydrogen) atoms. The number of nitrogens with zero attached hydrogens (tertiary/aromatic N) is 4. The third kappa shape index (κ3) is 2.23. The fourth-order valence-corrected chi connectivity index (χ4v) is 2.77. The number of aromatic amines is 1. The zero-order valence-electron chi connectivity index (χ0n) is 11.5. The van der Waals surface area contributed by atoms with Gasteiger partial charge in [-0.05, 0) is 18.2 Å². The summed E-state index contributed by atoms with van der Waals surface area (Å²) in [6.45, 7) is 2.71. The van der Waals surface area contributed by atoms with Gasteiger partial charge >= 0.3 is 0 Å². The molecule has 1 atom stereocenters. The first-order valence-electron chi connectivity index (χ1n) is 7.10. The summed E-state index contributed by atoms with van der Waals surface area (Å²) in [5.74, 6) is 0.884. The van der Waals surface area contributed by atoms with E-state index in [-0.39, 0.29) is 6.04 Å². The Kier molecular flexibility index (Phi) is 3.01. The number of hydrogen-bond acceptors (Lipinski definition) is 5. The predicted octanol–water partition coefficient (Wildman–Crippen LogP) is 1.50. The molecule has 0 aliphatic carbocycles. The average molecular weight is 280 g/mol. The molecule has 0 spiro atoms. The second kappa shape index (κ2) is 5.14. The fraction of sp³-hybridized carbons (Fsp3) is 0.267. The van der Waals surface area contributed by atoms with E-state index in [1.165, 1.54) is 0 Å². The minimum atomic E-state index is 0.188. The van der Waals surface area contributed by atoms with E-state index in [4.69, 9.17) is 0 Å². The number of piperazine rings is 1. The highest BCUT2D eigenvalue weighted by Gasteiger charge is 2.26. The Bertz CT molecular complexity index is 705. The van der Waals surface area contributed by atoms with Crippen LogP contribution in [0, 0.1) is 0 Å². The second-order valence-corrected chi connectivity index (χ2v) is 5.12. The number of pyridine rings is 2. The average Bonchev–Trinajstić information content (AvgIpc) is 2.99. The van der Waals surface area contributed by atoms with Crippen molar-refractivity contribution in [1.29, 1.82) is 0 Å². The molecule has 106 valence electrons. The lowest BCUT2D eigenvalue weighted by Crippen LogP contribution is -2.46. The predicted molar refractivity (Wildman–Crippen MR) is 81.1 cm³/mol. The number of anilines is 1. The fourth-order valence-electron chi connectivity index (χ4n) is 2.77. The highest BCUT2D eigenvalue weighted by molar-refractivity contribution is 5.76. The molecule has 1 aliphatic heterocycles. The minimum absolute atomic E-state index is 0.188. The van der Waals surface area contributed by atoms with Crippen LogP contribution < -0.4 is 10.2 Å². The first-order valence-corrected chi connectivity index (χ1v) is 7.10. The molecule has 0 saturated carbocycles. The lowest BCUT2D eigenvalue weighted by Gasteiger charge is -2.35. The third-order valence-corrected chi connectivity index (χ3v) is 3.82. The maximum absolute atomic E-state index is 4.66. The van der Waals surface area contributed by atoms with E-state index in [2.05, 4.69) is 36.2 Å². The van der Waals surface area contributed by atoms with Crippen LogP contribution in [0.4, 0.5) is 5.95 Å². The molecule has 0 aromatic carbocycles. The Morgan fingerprint density at radius 3 is 3.05 bits per heavy atom. The highest BCUT2D eigenvalue weighted by atomic mass is 15.3. The van der Waals surface area contributed by atoms with E-state index in [1.54, 1.807) is 12.4 Å². The highest BCUT2D eigenvalue weighted by Crippen LogP contribution is 2.26. The normalized spacial score (nSPS) is 19.0. The van der Waals surface area contributed by atoms with Gasteiger partial charge in [-0.25, -0.2) is 4.98 Å². The molecule has 4 rings (SSSR count). The van der Waals surface area contributed by atoms with E-state index >= 15 is 0 Å². The summed E-state index contributed by atoms with van der Waals surface area (Å²) in [6.07, 6.45) is 5.40. The quantitative estimate of drug-likeness (QED) is 0.744. The Labute approximate surface area is 122 Å². The zero-order chi connectivity index (χ0) is 14.1. The third-order valence-electron chi connectivity index (χ3n) is 3.82. The van der Waals surface area contributed by atoms with E-state index in [9.17, 15) is 0 Å². The van der Waals surface area contributed by atoms with Crippen LogP contribution in [-0.4, -0.2) is 39.6 Å². The molecular formula is C15H16N6. The standard InChI is InChI=1S/C15H16N6/c1-2-5-18-12(3-1)14-10-17-7-8-21(14)15-19-11-4-6-16-9-13(11)20-15/h1-6,9,14,17H,7-8,10H2,(H,19,20). The van der Waals surface area contributed by atoms with Gasteiger partial charge in [0.15, 0.2) is 0 Å². The Morgan fingerprint density at radius 1 is 1.19 bits per heavy atom. The summed E-state index contributed by atoms with van der Waals surface area (Å²) in [7, 11) is 0. The van der Waals surface area contributed by atoms with Crippen LogP contribution in [-0.2, 0) is 0 Å². The van der Waals surface area contributed by atoms with Crippen molar-refractivity contribution >= 4 is 17.0 Å². The minimum Gasteiger partial charge on any atom is -0.331 e. The topological polar surface area (TPSA) is 69.7 Å². The van der Waals surface area contributed by atoms with Crippen LogP contribution >= 0.6 is 0 Å². The molecule has 1 aliphatic rings. The molecule has 3 aromatic heterocycles. The van der Waals surface area contributed by atoms with Crippen LogP contribution in [0.1, 0.15) is 11.7 Å². The number of rotatable bonds is 2. The number of fused-ring (bicyclic) bond motifs is 1. The Balaban J connectivity index is 1.73. The van der Waals surface area contributed by atoms with Crippen LogP contribution in [0.25, 0.3) is 11.0 Å².